The molecule has 0 radical (unpaired) electrons. The maximum absolute atomic E-state index is 10.9. The van der Waals surface area contributed by atoms with Gasteiger partial charge in [0.05, 0.1) is 0 Å². The molecule has 1 aliphatic heterocycles. The summed E-state index contributed by atoms with van der Waals surface area (Å²) in [7, 11) is 0. The number of hydrogen-bond acceptors (Lipinski definition) is 2. The van der Waals surface area contributed by atoms with Crippen LogP contribution >= 0.6 is 0 Å². The minimum atomic E-state index is -0.00699. The molecule has 0 atom stereocenters. The van der Waals surface area contributed by atoms with E-state index in [-0.39, 0.29) is 5.56 Å². The first kappa shape index (κ1) is 6.61. The SMILES string of the molecule is O=c1cc2c(c[nH]1)CCNC2. The molecule has 1 aromatic rings. The molecule has 3 heteroatoms. The van der Waals surface area contributed by atoms with Gasteiger partial charge in [0.2, 0.25) is 5.56 Å². The van der Waals surface area contributed by atoms with E-state index in [1.807, 2.05) is 6.20 Å². The number of rotatable bonds is 0. The van der Waals surface area contributed by atoms with E-state index in [4.69, 9.17) is 0 Å². The summed E-state index contributed by atoms with van der Waals surface area (Å²) in [4.78, 5) is 13.5. The highest BCUT2D eigenvalue weighted by Crippen LogP contribution is 2.08. The van der Waals surface area contributed by atoms with Crippen molar-refractivity contribution in [2.75, 3.05) is 6.54 Å². The molecule has 0 aliphatic carbocycles. The molecule has 0 unspecified atom stereocenters. The standard InChI is InChI=1S/C8H10N2O/c11-8-3-7-4-9-2-1-6(7)5-10-8/h3,5,9H,1-2,4H2,(H,10,11). The van der Waals surface area contributed by atoms with E-state index in [2.05, 4.69) is 10.3 Å². The second kappa shape index (κ2) is 2.51. The largest absolute Gasteiger partial charge is 0.329 e. The first-order chi connectivity index (χ1) is 5.36. The molecule has 0 spiro atoms. The van der Waals surface area contributed by atoms with Crippen molar-refractivity contribution in [1.29, 1.82) is 0 Å². The van der Waals surface area contributed by atoms with Crippen LogP contribution in [0.25, 0.3) is 0 Å². The van der Waals surface area contributed by atoms with Crippen LogP contribution in [0.1, 0.15) is 11.1 Å². The van der Waals surface area contributed by atoms with Crippen molar-refractivity contribution >= 4 is 0 Å². The molecule has 0 fully saturated rings. The molecule has 2 rings (SSSR count). The van der Waals surface area contributed by atoms with E-state index in [0.29, 0.717) is 0 Å². The summed E-state index contributed by atoms with van der Waals surface area (Å²) < 4.78 is 0. The third-order valence-electron chi connectivity index (χ3n) is 1.99. The topological polar surface area (TPSA) is 44.9 Å². The van der Waals surface area contributed by atoms with E-state index < -0.39 is 0 Å². The zero-order valence-electron chi connectivity index (χ0n) is 6.18. The minimum absolute atomic E-state index is 0.00699. The smallest absolute Gasteiger partial charge is 0.248 e. The van der Waals surface area contributed by atoms with Gasteiger partial charge >= 0.3 is 0 Å². The van der Waals surface area contributed by atoms with Gasteiger partial charge in [-0.25, -0.2) is 0 Å². The quantitative estimate of drug-likeness (QED) is 0.547. The van der Waals surface area contributed by atoms with Crippen molar-refractivity contribution in [3.63, 3.8) is 0 Å². The molecular weight excluding hydrogens is 140 g/mol. The Labute approximate surface area is 64.5 Å². The van der Waals surface area contributed by atoms with E-state index in [1.165, 1.54) is 5.56 Å². The van der Waals surface area contributed by atoms with Crippen LogP contribution in [-0.4, -0.2) is 11.5 Å². The number of hydrogen-bond donors (Lipinski definition) is 2. The highest BCUT2D eigenvalue weighted by atomic mass is 16.1. The molecule has 0 saturated heterocycles. The summed E-state index contributed by atoms with van der Waals surface area (Å²) in [6.45, 7) is 1.85. The van der Waals surface area contributed by atoms with Gasteiger partial charge in [0.1, 0.15) is 0 Å². The molecule has 58 valence electrons. The van der Waals surface area contributed by atoms with Gasteiger partial charge in [-0.15, -0.1) is 0 Å². The van der Waals surface area contributed by atoms with Crippen molar-refractivity contribution in [3.8, 4) is 0 Å². The number of aromatic nitrogens is 1. The van der Waals surface area contributed by atoms with Crippen LogP contribution in [-0.2, 0) is 13.0 Å². The summed E-state index contributed by atoms with van der Waals surface area (Å²) >= 11 is 0. The number of H-pyrrole nitrogens is 1. The predicted octanol–water partition coefficient (Wildman–Crippen LogP) is 0.0206. The Morgan fingerprint density at radius 2 is 2.27 bits per heavy atom. The molecule has 0 bridgehead atoms. The van der Waals surface area contributed by atoms with Crippen molar-refractivity contribution in [2.24, 2.45) is 0 Å². The maximum atomic E-state index is 10.9. The molecule has 2 heterocycles. The van der Waals surface area contributed by atoms with Crippen LogP contribution < -0.4 is 10.9 Å². The zero-order valence-corrected chi connectivity index (χ0v) is 6.18. The van der Waals surface area contributed by atoms with Gasteiger partial charge in [-0.05, 0) is 24.1 Å². The summed E-state index contributed by atoms with van der Waals surface area (Å²) in [6, 6.07) is 1.67. The lowest BCUT2D eigenvalue weighted by molar-refractivity contribution is 0.640. The summed E-state index contributed by atoms with van der Waals surface area (Å²) in [5, 5.41) is 3.22. The Morgan fingerprint density at radius 1 is 1.36 bits per heavy atom. The van der Waals surface area contributed by atoms with Gasteiger partial charge < -0.3 is 10.3 Å². The summed E-state index contributed by atoms with van der Waals surface area (Å²) in [5.74, 6) is 0. The Kier molecular flexibility index (Phi) is 1.51. The van der Waals surface area contributed by atoms with E-state index in [0.717, 1.165) is 25.1 Å². The van der Waals surface area contributed by atoms with Gasteiger partial charge in [-0.1, -0.05) is 0 Å². The average molecular weight is 150 g/mol. The first-order valence-corrected chi connectivity index (χ1v) is 3.77. The third kappa shape index (κ3) is 1.19. The Bertz CT molecular complexity index is 316. The second-order valence-corrected chi connectivity index (χ2v) is 2.77. The van der Waals surface area contributed by atoms with Crippen molar-refractivity contribution < 1.29 is 0 Å². The van der Waals surface area contributed by atoms with Gasteiger partial charge in [0.25, 0.3) is 0 Å². The normalized spacial score (nSPS) is 16.0. The van der Waals surface area contributed by atoms with E-state index >= 15 is 0 Å². The molecular formula is C8H10N2O. The Morgan fingerprint density at radius 3 is 3.18 bits per heavy atom. The van der Waals surface area contributed by atoms with Crippen LogP contribution in [0.5, 0.6) is 0 Å². The molecule has 0 saturated carbocycles. The zero-order chi connectivity index (χ0) is 7.68. The van der Waals surface area contributed by atoms with Gasteiger partial charge in [-0.3, -0.25) is 4.79 Å². The molecule has 0 amide bonds. The van der Waals surface area contributed by atoms with Crippen LogP contribution in [0, 0.1) is 0 Å². The fourth-order valence-electron chi connectivity index (χ4n) is 1.39. The Balaban J connectivity index is 2.51. The van der Waals surface area contributed by atoms with Crippen molar-refractivity contribution in [1.82, 2.24) is 10.3 Å². The molecule has 0 aromatic carbocycles. The lowest BCUT2D eigenvalue weighted by Gasteiger charge is -2.15. The van der Waals surface area contributed by atoms with E-state index in [9.17, 15) is 4.79 Å². The van der Waals surface area contributed by atoms with Gasteiger partial charge in [-0.2, -0.15) is 0 Å². The van der Waals surface area contributed by atoms with E-state index in [1.54, 1.807) is 6.07 Å². The number of aromatic amines is 1. The van der Waals surface area contributed by atoms with Crippen LogP contribution in [0.4, 0.5) is 0 Å². The van der Waals surface area contributed by atoms with Crippen LogP contribution in [0.3, 0.4) is 0 Å². The molecule has 2 N–H and O–H groups in total. The lowest BCUT2D eigenvalue weighted by atomic mass is 10.0. The Hall–Kier alpha value is -1.09. The average Bonchev–Trinajstić information content (AvgIpc) is 2.04. The summed E-state index contributed by atoms with van der Waals surface area (Å²) in [6.07, 6.45) is 2.84. The third-order valence-corrected chi connectivity index (χ3v) is 1.99. The second-order valence-electron chi connectivity index (χ2n) is 2.77. The number of nitrogens with one attached hydrogen (secondary N) is 2. The molecule has 3 nitrogen and oxygen atoms in total. The van der Waals surface area contributed by atoms with Gasteiger partial charge in [0.15, 0.2) is 0 Å². The molecule has 1 aliphatic rings. The fraction of sp³-hybridized carbons (Fsp3) is 0.375. The molecule has 11 heavy (non-hydrogen) atoms. The monoisotopic (exact) mass is 150 g/mol. The lowest BCUT2D eigenvalue weighted by Crippen LogP contribution is -2.25. The van der Waals surface area contributed by atoms with Crippen LogP contribution in [0.15, 0.2) is 17.1 Å². The van der Waals surface area contributed by atoms with Crippen LogP contribution in [0.2, 0.25) is 0 Å². The highest BCUT2D eigenvalue weighted by Gasteiger charge is 2.07. The van der Waals surface area contributed by atoms with Crippen molar-refractivity contribution in [3.05, 3.63) is 33.7 Å². The first-order valence-electron chi connectivity index (χ1n) is 3.77. The predicted molar refractivity (Wildman–Crippen MR) is 42.5 cm³/mol. The number of pyridine rings is 1. The van der Waals surface area contributed by atoms with Crippen molar-refractivity contribution in [2.45, 2.75) is 13.0 Å². The number of fused-ring (bicyclic) bond motifs is 1. The fourth-order valence-corrected chi connectivity index (χ4v) is 1.39. The molecule has 1 aromatic heterocycles. The maximum Gasteiger partial charge on any atom is 0.248 e. The minimum Gasteiger partial charge on any atom is -0.329 e. The highest BCUT2D eigenvalue weighted by molar-refractivity contribution is 5.25. The van der Waals surface area contributed by atoms with Gasteiger partial charge in [0, 0.05) is 18.8 Å². The summed E-state index contributed by atoms with van der Waals surface area (Å²) in [5.41, 5.74) is 2.40.